The number of H-pyrrole nitrogens is 2. The van der Waals surface area contributed by atoms with Gasteiger partial charge in [0.05, 0.1) is 11.9 Å². The predicted molar refractivity (Wildman–Crippen MR) is 115 cm³/mol. The second kappa shape index (κ2) is 7.53. The Labute approximate surface area is 172 Å². The molecule has 1 aliphatic heterocycles. The van der Waals surface area contributed by atoms with Gasteiger partial charge in [0.1, 0.15) is 5.65 Å². The third-order valence-electron chi connectivity index (χ3n) is 5.76. The molecule has 4 aromatic rings. The van der Waals surface area contributed by atoms with Crippen molar-refractivity contribution in [3.63, 3.8) is 0 Å². The number of hydrogen-bond acceptors (Lipinski definition) is 3. The normalized spacial score (nSPS) is 16.0. The van der Waals surface area contributed by atoms with Crippen LogP contribution in [0.5, 0.6) is 0 Å². The van der Waals surface area contributed by atoms with Crippen molar-refractivity contribution in [3.8, 4) is 11.3 Å². The van der Waals surface area contributed by atoms with Gasteiger partial charge in [-0.3, -0.25) is 10.00 Å². The molecule has 6 heteroatoms. The Hall–Kier alpha value is -2.44. The molecule has 1 aliphatic rings. The first-order valence-electron chi connectivity index (χ1n) is 9.70. The Kier molecular flexibility index (Phi) is 4.74. The van der Waals surface area contributed by atoms with Gasteiger partial charge in [-0.05, 0) is 67.2 Å². The number of pyridine rings is 1. The summed E-state index contributed by atoms with van der Waals surface area (Å²) in [6.45, 7) is 3.13. The molecule has 0 radical (unpaired) electrons. The highest BCUT2D eigenvalue weighted by atomic mass is 79.9. The number of aromatic nitrogens is 4. The summed E-state index contributed by atoms with van der Waals surface area (Å²) in [4.78, 5) is 10.3. The Bertz CT molecular complexity index is 1070. The summed E-state index contributed by atoms with van der Waals surface area (Å²) in [5, 5.41) is 8.75. The van der Waals surface area contributed by atoms with E-state index in [0.717, 1.165) is 35.4 Å². The molecular weight excluding hydrogens is 414 g/mol. The number of piperidine rings is 1. The van der Waals surface area contributed by atoms with Crippen LogP contribution in [0, 0.1) is 0 Å². The monoisotopic (exact) mass is 435 g/mol. The van der Waals surface area contributed by atoms with Crippen molar-refractivity contribution in [1.82, 2.24) is 25.1 Å². The molecule has 28 heavy (non-hydrogen) atoms. The van der Waals surface area contributed by atoms with E-state index < -0.39 is 0 Å². The number of nitrogens with one attached hydrogen (secondary N) is 2. The van der Waals surface area contributed by atoms with Gasteiger partial charge in [-0.1, -0.05) is 28.1 Å². The fourth-order valence-electron chi connectivity index (χ4n) is 4.26. The van der Waals surface area contributed by atoms with Crippen LogP contribution in [0.25, 0.3) is 22.3 Å². The van der Waals surface area contributed by atoms with Crippen LogP contribution in [0.2, 0.25) is 0 Å². The maximum absolute atomic E-state index is 4.43. The summed E-state index contributed by atoms with van der Waals surface area (Å²) >= 11 is 3.50. The highest BCUT2D eigenvalue weighted by molar-refractivity contribution is 9.10. The van der Waals surface area contributed by atoms with E-state index >= 15 is 0 Å². The minimum atomic E-state index is 0.601. The zero-order valence-electron chi connectivity index (χ0n) is 15.5. The third-order valence-corrected chi connectivity index (χ3v) is 6.28. The number of likely N-dealkylation sites (tertiary alicyclic amines) is 1. The highest BCUT2D eigenvalue weighted by Gasteiger charge is 2.24. The summed E-state index contributed by atoms with van der Waals surface area (Å²) in [6.07, 6.45) is 8.31. The van der Waals surface area contributed by atoms with Gasteiger partial charge in [0.2, 0.25) is 0 Å². The van der Waals surface area contributed by atoms with E-state index in [0.29, 0.717) is 5.92 Å². The first-order chi connectivity index (χ1) is 13.8. The second-order valence-corrected chi connectivity index (χ2v) is 8.39. The molecule has 4 heterocycles. The molecule has 0 amide bonds. The van der Waals surface area contributed by atoms with Gasteiger partial charge in [-0.2, -0.15) is 5.10 Å². The first kappa shape index (κ1) is 17.6. The van der Waals surface area contributed by atoms with E-state index in [9.17, 15) is 0 Å². The van der Waals surface area contributed by atoms with Crippen molar-refractivity contribution in [2.24, 2.45) is 0 Å². The molecular formula is C22H22BrN5. The van der Waals surface area contributed by atoms with Crippen LogP contribution in [0.4, 0.5) is 0 Å². The van der Waals surface area contributed by atoms with Crippen LogP contribution < -0.4 is 0 Å². The Morgan fingerprint density at radius 3 is 2.75 bits per heavy atom. The molecule has 1 fully saturated rings. The molecule has 5 rings (SSSR count). The van der Waals surface area contributed by atoms with Crippen molar-refractivity contribution < 1.29 is 0 Å². The molecule has 1 aromatic carbocycles. The molecule has 1 saturated heterocycles. The minimum absolute atomic E-state index is 0.601. The number of nitrogens with zero attached hydrogens (tertiary/aromatic N) is 3. The van der Waals surface area contributed by atoms with Crippen molar-refractivity contribution in [2.45, 2.75) is 25.3 Å². The fourth-order valence-corrected chi connectivity index (χ4v) is 4.52. The smallest absolute Gasteiger partial charge is 0.137 e. The Morgan fingerprint density at radius 1 is 1.11 bits per heavy atom. The van der Waals surface area contributed by atoms with Crippen LogP contribution in [0.15, 0.2) is 59.5 Å². The Balaban J connectivity index is 1.27. The average Bonchev–Trinajstić information content (AvgIpc) is 3.36. The van der Waals surface area contributed by atoms with Crippen molar-refractivity contribution in [1.29, 1.82) is 0 Å². The van der Waals surface area contributed by atoms with Gasteiger partial charge in [0, 0.05) is 34.4 Å². The van der Waals surface area contributed by atoms with E-state index in [1.165, 1.54) is 34.9 Å². The standard InChI is InChI=1S/C22H22BrN5/c23-18-5-3-16(4-6-18)21-17(12-26-27-21)14-28-10-7-15(8-11-28)20-13-25-22-19(20)2-1-9-24-22/h1-6,9,12-13,15H,7-8,10-11,14H2,(H,24,25)(H,26,27). The lowest BCUT2D eigenvalue weighted by atomic mass is 9.89. The van der Waals surface area contributed by atoms with Crippen LogP contribution in [-0.2, 0) is 6.54 Å². The molecule has 142 valence electrons. The minimum Gasteiger partial charge on any atom is -0.346 e. The lowest BCUT2D eigenvalue weighted by Crippen LogP contribution is -2.32. The maximum Gasteiger partial charge on any atom is 0.137 e. The lowest BCUT2D eigenvalue weighted by molar-refractivity contribution is 0.205. The van der Waals surface area contributed by atoms with E-state index in [-0.39, 0.29) is 0 Å². The van der Waals surface area contributed by atoms with Crippen molar-refractivity contribution in [3.05, 3.63) is 70.6 Å². The molecule has 0 bridgehead atoms. The fraction of sp³-hybridized carbons (Fsp3) is 0.273. The number of fused-ring (bicyclic) bond motifs is 1. The molecule has 0 saturated carbocycles. The largest absolute Gasteiger partial charge is 0.346 e. The summed E-state index contributed by atoms with van der Waals surface area (Å²) in [7, 11) is 0. The second-order valence-electron chi connectivity index (χ2n) is 7.47. The lowest BCUT2D eigenvalue weighted by Gasteiger charge is -2.31. The summed E-state index contributed by atoms with van der Waals surface area (Å²) < 4.78 is 1.09. The molecule has 3 aromatic heterocycles. The highest BCUT2D eigenvalue weighted by Crippen LogP contribution is 2.33. The molecule has 5 nitrogen and oxygen atoms in total. The summed E-state index contributed by atoms with van der Waals surface area (Å²) in [5.74, 6) is 0.601. The molecule has 0 spiro atoms. The van der Waals surface area contributed by atoms with Gasteiger partial charge in [0.25, 0.3) is 0 Å². The van der Waals surface area contributed by atoms with Gasteiger partial charge < -0.3 is 4.98 Å². The van der Waals surface area contributed by atoms with Crippen LogP contribution in [-0.4, -0.2) is 38.2 Å². The number of rotatable bonds is 4. The summed E-state index contributed by atoms with van der Waals surface area (Å²) in [5.41, 5.74) is 5.98. The Morgan fingerprint density at radius 2 is 1.93 bits per heavy atom. The van der Waals surface area contributed by atoms with Gasteiger partial charge in [0.15, 0.2) is 0 Å². The zero-order chi connectivity index (χ0) is 18.9. The van der Waals surface area contributed by atoms with E-state index in [1.807, 2.05) is 18.5 Å². The van der Waals surface area contributed by atoms with Crippen LogP contribution >= 0.6 is 15.9 Å². The first-order valence-corrected chi connectivity index (χ1v) is 10.5. The third kappa shape index (κ3) is 3.38. The van der Waals surface area contributed by atoms with E-state index in [4.69, 9.17) is 0 Å². The quantitative estimate of drug-likeness (QED) is 0.468. The van der Waals surface area contributed by atoms with Gasteiger partial charge in [-0.15, -0.1) is 0 Å². The number of hydrogen-bond donors (Lipinski definition) is 2. The van der Waals surface area contributed by atoms with E-state index in [2.05, 4.69) is 77.5 Å². The van der Waals surface area contributed by atoms with Gasteiger partial charge >= 0.3 is 0 Å². The van der Waals surface area contributed by atoms with Crippen LogP contribution in [0.3, 0.4) is 0 Å². The SMILES string of the molecule is Brc1ccc(-c2[nH]ncc2CN2CCC(c3c[nH]c4ncccc34)CC2)cc1. The number of benzene rings is 1. The average molecular weight is 436 g/mol. The van der Waals surface area contributed by atoms with Crippen molar-refractivity contribution >= 4 is 27.0 Å². The topological polar surface area (TPSA) is 60.6 Å². The number of aromatic amines is 2. The zero-order valence-corrected chi connectivity index (χ0v) is 17.1. The number of halogens is 1. The molecule has 0 atom stereocenters. The van der Waals surface area contributed by atoms with Crippen LogP contribution in [0.1, 0.15) is 29.9 Å². The molecule has 2 N–H and O–H groups in total. The van der Waals surface area contributed by atoms with Crippen molar-refractivity contribution in [2.75, 3.05) is 13.1 Å². The molecule has 0 aliphatic carbocycles. The van der Waals surface area contributed by atoms with Gasteiger partial charge in [-0.25, -0.2) is 4.98 Å². The predicted octanol–water partition coefficient (Wildman–Crippen LogP) is 5.10. The maximum atomic E-state index is 4.43. The molecule has 0 unspecified atom stereocenters. The summed E-state index contributed by atoms with van der Waals surface area (Å²) in [6, 6.07) is 12.6. The van der Waals surface area contributed by atoms with E-state index in [1.54, 1.807) is 0 Å².